The van der Waals surface area contributed by atoms with Crippen LogP contribution in [0.15, 0.2) is 5.10 Å². The number of carbonyl (C=O) groups is 1. The number of sulfone groups is 1. The molecule has 2 aliphatic rings. The summed E-state index contributed by atoms with van der Waals surface area (Å²) in [6, 6.07) is -0.702. The van der Waals surface area contributed by atoms with Gasteiger partial charge >= 0.3 is 6.03 Å². The van der Waals surface area contributed by atoms with Gasteiger partial charge < -0.3 is 5.32 Å². The van der Waals surface area contributed by atoms with Gasteiger partial charge in [0, 0.05) is 17.7 Å². The third-order valence-corrected chi connectivity index (χ3v) is 6.40. The van der Waals surface area contributed by atoms with E-state index >= 15 is 0 Å². The summed E-state index contributed by atoms with van der Waals surface area (Å²) in [5, 5.41) is 7.01. The molecule has 126 valence electrons. The molecule has 0 bridgehead atoms. The number of carbonyl (C=O) groups excluding carboxylic acids is 1. The smallest absolute Gasteiger partial charge is 0.333 e. The zero-order valence-electron chi connectivity index (χ0n) is 13.6. The van der Waals surface area contributed by atoms with Crippen LogP contribution in [0.2, 0.25) is 0 Å². The van der Waals surface area contributed by atoms with Gasteiger partial charge in [-0.3, -0.25) is 0 Å². The summed E-state index contributed by atoms with van der Waals surface area (Å²) in [5.74, 6) is 1.71. The average Bonchev–Trinajstić information content (AvgIpc) is 2.75. The van der Waals surface area contributed by atoms with Crippen molar-refractivity contribution in [1.82, 2.24) is 10.7 Å². The van der Waals surface area contributed by atoms with Crippen molar-refractivity contribution in [1.29, 1.82) is 0 Å². The highest BCUT2D eigenvalue weighted by atomic mass is 32.2. The van der Waals surface area contributed by atoms with Gasteiger partial charge in [0.2, 0.25) is 0 Å². The number of hydrogen-bond donors (Lipinski definition) is 2. The van der Waals surface area contributed by atoms with Crippen LogP contribution >= 0.6 is 0 Å². The molecule has 22 heavy (non-hydrogen) atoms. The second-order valence-electron chi connectivity index (χ2n) is 7.03. The predicted octanol–water partition coefficient (Wildman–Crippen LogP) is 1.92. The molecule has 6 nitrogen and oxygen atoms in total. The van der Waals surface area contributed by atoms with Crippen LogP contribution in [-0.2, 0) is 9.84 Å². The van der Waals surface area contributed by atoms with E-state index in [4.69, 9.17) is 0 Å². The Bertz CT molecular complexity index is 542. The van der Waals surface area contributed by atoms with Gasteiger partial charge in [-0.15, -0.1) is 0 Å². The summed E-state index contributed by atoms with van der Waals surface area (Å²) in [5.41, 5.74) is 3.61. The van der Waals surface area contributed by atoms with E-state index in [0.29, 0.717) is 24.2 Å². The number of amides is 2. The van der Waals surface area contributed by atoms with Crippen molar-refractivity contribution in [2.45, 2.75) is 52.5 Å². The Morgan fingerprint density at radius 1 is 1.27 bits per heavy atom. The molecule has 1 saturated heterocycles. The van der Waals surface area contributed by atoms with E-state index in [1.54, 1.807) is 0 Å². The maximum atomic E-state index is 11.9. The highest BCUT2D eigenvalue weighted by Gasteiger charge is 2.29. The Labute approximate surface area is 133 Å². The van der Waals surface area contributed by atoms with E-state index in [9.17, 15) is 13.2 Å². The fourth-order valence-electron chi connectivity index (χ4n) is 3.34. The first kappa shape index (κ1) is 17.2. The fraction of sp³-hybridized carbons (Fsp3) is 0.867. The van der Waals surface area contributed by atoms with E-state index < -0.39 is 15.9 Å². The van der Waals surface area contributed by atoms with Crippen molar-refractivity contribution in [3.05, 3.63) is 0 Å². The summed E-state index contributed by atoms with van der Waals surface area (Å²) in [7, 11) is -2.98. The Morgan fingerprint density at radius 3 is 2.59 bits per heavy atom. The Kier molecular flexibility index (Phi) is 5.47. The minimum atomic E-state index is -2.98. The number of nitrogens with one attached hydrogen (secondary N) is 2. The number of hydrogen-bond acceptors (Lipinski definition) is 4. The normalized spacial score (nSPS) is 33.1. The van der Waals surface area contributed by atoms with Gasteiger partial charge in [-0.2, -0.15) is 5.10 Å². The van der Waals surface area contributed by atoms with Crippen molar-refractivity contribution in [2.75, 3.05) is 11.5 Å². The number of nitrogens with zero attached hydrogens (tertiary/aromatic N) is 1. The third kappa shape index (κ3) is 4.69. The zero-order chi connectivity index (χ0) is 16.3. The van der Waals surface area contributed by atoms with E-state index in [0.717, 1.165) is 18.6 Å². The molecule has 2 amide bonds. The van der Waals surface area contributed by atoms with E-state index in [1.165, 1.54) is 6.42 Å². The highest BCUT2D eigenvalue weighted by Crippen LogP contribution is 2.31. The maximum Gasteiger partial charge on any atom is 0.335 e. The Balaban J connectivity index is 1.90. The van der Waals surface area contributed by atoms with Crippen LogP contribution in [-0.4, -0.2) is 37.7 Å². The monoisotopic (exact) mass is 329 g/mol. The van der Waals surface area contributed by atoms with E-state index in [-0.39, 0.29) is 17.5 Å². The van der Waals surface area contributed by atoms with Crippen molar-refractivity contribution in [3.63, 3.8) is 0 Å². The molecule has 0 aromatic carbocycles. The van der Waals surface area contributed by atoms with Crippen molar-refractivity contribution in [2.24, 2.45) is 22.9 Å². The second-order valence-corrected chi connectivity index (χ2v) is 9.25. The maximum absolute atomic E-state index is 11.9. The molecule has 2 N–H and O–H groups in total. The van der Waals surface area contributed by atoms with Crippen molar-refractivity contribution in [3.8, 4) is 0 Å². The van der Waals surface area contributed by atoms with Crippen molar-refractivity contribution < 1.29 is 13.2 Å². The first-order chi connectivity index (χ1) is 10.3. The van der Waals surface area contributed by atoms with Gasteiger partial charge in [-0.05, 0) is 37.5 Å². The standard InChI is InChI=1S/C15H27N3O3S/c1-10(2)13-5-4-11(3)8-14(13)17-18-15(19)16-12-6-7-22(20,21)9-12/h10-13H,4-9H2,1-3H3,(H2,16,18,19)/t11-,12+,13-/m1/s1. The summed E-state index contributed by atoms with van der Waals surface area (Å²) >= 11 is 0. The Hall–Kier alpha value is -1.11. The van der Waals surface area contributed by atoms with Crippen LogP contribution in [0.1, 0.15) is 46.5 Å². The van der Waals surface area contributed by atoms with Gasteiger partial charge in [0.1, 0.15) is 0 Å². The van der Waals surface area contributed by atoms with Crippen LogP contribution in [0.3, 0.4) is 0 Å². The summed E-state index contributed by atoms with van der Waals surface area (Å²) in [6.07, 6.45) is 3.72. The first-order valence-corrected chi connectivity index (χ1v) is 9.92. The lowest BCUT2D eigenvalue weighted by atomic mass is 9.76. The van der Waals surface area contributed by atoms with Gasteiger partial charge in [-0.1, -0.05) is 20.8 Å². The second kappa shape index (κ2) is 6.98. The van der Waals surface area contributed by atoms with E-state index in [2.05, 4.69) is 36.6 Å². The molecule has 0 unspecified atom stereocenters. The molecule has 2 fully saturated rings. The SMILES string of the molecule is CC(C)[C@H]1CC[C@@H](C)CC1=NNC(=O)N[C@H]1CCS(=O)(=O)C1. The van der Waals surface area contributed by atoms with Crippen LogP contribution in [0.4, 0.5) is 4.79 Å². The van der Waals surface area contributed by atoms with Crippen LogP contribution in [0.25, 0.3) is 0 Å². The number of urea groups is 1. The Morgan fingerprint density at radius 2 is 2.00 bits per heavy atom. The molecule has 0 aromatic heterocycles. The van der Waals surface area contributed by atoms with Crippen LogP contribution < -0.4 is 10.7 Å². The number of hydrazone groups is 1. The minimum absolute atomic E-state index is 0.0304. The topological polar surface area (TPSA) is 87.6 Å². The molecule has 1 saturated carbocycles. The van der Waals surface area contributed by atoms with Gasteiger partial charge in [-0.25, -0.2) is 18.6 Å². The lowest BCUT2D eigenvalue weighted by Gasteiger charge is -2.30. The minimum Gasteiger partial charge on any atom is -0.333 e. The summed E-state index contributed by atoms with van der Waals surface area (Å²) < 4.78 is 22.8. The lowest BCUT2D eigenvalue weighted by Crippen LogP contribution is -2.41. The zero-order valence-corrected chi connectivity index (χ0v) is 14.4. The van der Waals surface area contributed by atoms with Crippen LogP contribution in [0, 0.1) is 17.8 Å². The predicted molar refractivity (Wildman–Crippen MR) is 87.5 cm³/mol. The molecule has 1 aliphatic heterocycles. The van der Waals surface area contributed by atoms with Gasteiger partial charge in [0.25, 0.3) is 0 Å². The lowest BCUT2D eigenvalue weighted by molar-refractivity contribution is 0.238. The average molecular weight is 329 g/mol. The first-order valence-electron chi connectivity index (χ1n) is 8.10. The number of rotatable bonds is 3. The van der Waals surface area contributed by atoms with Gasteiger partial charge in [0.05, 0.1) is 11.5 Å². The van der Waals surface area contributed by atoms with Gasteiger partial charge in [0.15, 0.2) is 9.84 Å². The summed E-state index contributed by atoms with van der Waals surface area (Å²) in [4.78, 5) is 11.9. The van der Waals surface area contributed by atoms with Crippen molar-refractivity contribution >= 4 is 21.6 Å². The quantitative estimate of drug-likeness (QED) is 0.775. The molecule has 7 heteroatoms. The molecule has 0 spiro atoms. The van der Waals surface area contributed by atoms with Crippen LogP contribution in [0.5, 0.6) is 0 Å². The molecular weight excluding hydrogens is 302 g/mol. The fourth-order valence-corrected chi connectivity index (χ4v) is 5.01. The summed E-state index contributed by atoms with van der Waals surface area (Å²) in [6.45, 7) is 6.56. The largest absolute Gasteiger partial charge is 0.335 e. The third-order valence-electron chi connectivity index (χ3n) is 4.63. The molecule has 0 radical (unpaired) electrons. The molecule has 2 rings (SSSR count). The van der Waals surface area contributed by atoms with E-state index in [1.807, 2.05) is 0 Å². The highest BCUT2D eigenvalue weighted by molar-refractivity contribution is 7.91. The molecule has 3 atom stereocenters. The molecule has 0 aromatic rings. The molecule has 1 heterocycles. The molecule has 1 aliphatic carbocycles. The molecular formula is C15H27N3O3S.